The molecule has 0 unspecified atom stereocenters. The van der Waals surface area contributed by atoms with E-state index in [0.717, 1.165) is 18.2 Å². The zero-order valence-corrected chi connectivity index (χ0v) is 19.0. The van der Waals surface area contributed by atoms with Crippen LogP contribution in [0.2, 0.25) is 10.0 Å². The zero-order valence-electron chi connectivity index (χ0n) is 16.7. The number of hydrogen-bond donors (Lipinski definition) is 2. The Kier molecular flexibility index (Phi) is 7.11. The van der Waals surface area contributed by atoms with Gasteiger partial charge in [0, 0.05) is 11.3 Å². The second-order valence-electron chi connectivity index (χ2n) is 6.63. The number of nitrogens with one attached hydrogen (secondary N) is 2. The summed E-state index contributed by atoms with van der Waals surface area (Å²) in [5.74, 6) is -0.229. The van der Waals surface area contributed by atoms with Gasteiger partial charge in [0.15, 0.2) is 0 Å². The van der Waals surface area contributed by atoms with Crippen LogP contribution in [0, 0.1) is 0 Å². The molecule has 174 valence electrons. The van der Waals surface area contributed by atoms with Crippen LogP contribution in [0.25, 0.3) is 0 Å². The van der Waals surface area contributed by atoms with Gasteiger partial charge in [-0.25, -0.2) is 8.42 Å². The van der Waals surface area contributed by atoms with E-state index in [0.29, 0.717) is 17.5 Å². The van der Waals surface area contributed by atoms with E-state index in [1.54, 1.807) is 12.1 Å². The first-order valence-corrected chi connectivity index (χ1v) is 11.3. The summed E-state index contributed by atoms with van der Waals surface area (Å²) in [6.07, 6.45) is -4.69. The summed E-state index contributed by atoms with van der Waals surface area (Å²) in [5, 5.41) is 2.60. The van der Waals surface area contributed by atoms with Gasteiger partial charge in [0.05, 0.1) is 33.3 Å². The smallest absolute Gasteiger partial charge is 0.416 e. The van der Waals surface area contributed by atoms with Crippen molar-refractivity contribution < 1.29 is 31.1 Å². The monoisotopic (exact) mass is 518 g/mol. The fourth-order valence-electron chi connectivity index (χ4n) is 2.74. The highest BCUT2D eigenvalue weighted by Gasteiger charge is 2.31. The molecular weight excluding hydrogens is 504 g/mol. The topological polar surface area (TPSA) is 84.5 Å². The highest BCUT2D eigenvalue weighted by molar-refractivity contribution is 7.92. The van der Waals surface area contributed by atoms with Crippen LogP contribution in [0.1, 0.15) is 15.9 Å². The molecule has 0 heterocycles. The highest BCUT2D eigenvalue weighted by Crippen LogP contribution is 2.34. The van der Waals surface area contributed by atoms with E-state index in [1.807, 2.05) is 4.72 Å². The Morgan fingerprint density at radius 2 is 1.70 bits per heavy atom. The third kappa shape index (κ3) is 5.89. The molecule has 0 aliphatic carbocycles. The van der Waals surface area contributed by atoms with Crippen LogP contribution in [-0.2, 0) is 16.2 Å². The summed E-state index contributed by atoms with van der Waals surface area (Å²) in [6, 6.07) is 11.7. The minimum Gasteiger partial charge on any atom is -0.495 e. The molecule has 1 amide bonds. The van der Waals surface area contributed by atoms with Gasteiger partial charge in [-0.15, -0.1) is 0 Å². The maximum Gasteiger partial charge on any atom is 0.416 e. The van der Waals surface area contributed by atoms with Crippen LogP contribution >= 0.6 is 23.2 Å². The van der Waals surface area contributed by atoms with Gasteiger partial charge in [0.1, 0.15) is 5.75 Å². The molecule has 0 saturated heterocycles. The van der Waals surface area contributed by atoms with Crippen molar-refractivity contribution in [2.75, 3.05) is 17.1 Å². The Labute approximate surface area is 197 Å². The van der Waals surface area contributed by atoms with E-state index < -0.39 is 33.4 Å². The number of benzene rings is 3. The molecule has 33 heavy (non-hydrogen) atoms. The minimum absolute atomic E-state index is 0.0139. The first-order valence-electron chi connectivity index (χ1n) is 9.05. The number of rotatable bonds is 6. The van der Waals surface area contributed by atoms with Crippen LogP contribution in [0.4, 0.5) is 24.5 Å². The molecule has 12 heteroatoms. The Bertz CT molecular complexity index is 1320. The lowest BCUT2D eigenvalue weighted by molar-refractivity contribution is -0.137. The predicted molar refractivity (Wildman–Crippen MR) is 120 cm³/mol. The second kappa shape index (κ2) is 9.50. The van der Waals surface area contributed by atoms with Gasteiger partial charge in [-0.05, 0) is 54.6 Å². The number of sulfonamides is 1. The highest BCUT2D eigenvalue weighted by atomic mass is 35.5. The summed E-state index contributed by atoms with van der Waals surface area (Å²) < 4.78 is 71.5. The normalized spacial score (nSPS) is 11.7. The van der Waals surface area contributed by atoms with E-state index in [2.05, 4.69) is 5.32 Å². The predicted octanol–water partition coefficient (Wildman–Crippen LogP) is 6.07. The van der Waals surface area contributed by atoms with E-state index in [4.69, 9.17) is 27.9 Å². The standard InChI is InChI=1S/C21H15Cl2F3N2O4S/c1-32-19-8-6-14(11-17(19)23)27-20(29)12-3-2-4-15(9-12)33(30,31)28-18-10-13(21(24,25)26)5-7-16(18)22/h2-11,28H,1H3,(H,27,29). The van der Waals surface area contributed by atoms with E-state index in [1.165, 1.54) is 31.4 Å². The van der Waals surface area contributed by atoms with Gasteiger partial charge in [-0.3, -0.25) is 9.52 Å². The Balaban J connectivity index is 1.85. The van der Waals surface area contributed by atoms with Gasteiger partial charge in [-0.2, -0.15) is 13.2 Å². The molecule has 2 N–H and O–H groups in total. The van der Waals surface area contributed by atoms with Crippen molar-refractivity contribution >= 4 is 50.5 Å². The molecule has 0 saturated carbocycles. The largest absolute Gasteiger partial charge is 0.495 e. The van der Waals surface area contributed by atoms with Crippen LogP contribution in [0.15, 0.2) is 65.6 Å². The first-order chi connectivity index (χ1) is 15.4. The van der Waals surface area contributed by atoms with Gasteiger partial charge in [0.2, 0.25) is 0 Å². The van der Waals surface area contributed by atoms with Crippen molar-refractivity contribution in [2.45, 2.75) is 11.1 Å². The van der Waals surface area contributed by atoms with Gasteiger partial charge >= 0.3 is 6.18 Å². The minimum atomic E-state index is -4.69. The zero-order chi connectivity index (χ0) is 24.4. The van der Waals surface area contributed by atoms with Crippen molar-refractivity contribution in [3.63, 3.8) is 0 Å². The Morgan fingerprint density at radius 3 is 2.33 bits per heavy atom. The van der Waals surface area contributed by atoms with E-state index in [-0.39, 0.29) is 20.5 Å². The average Bonchev–Trinajstić information content (AvgIpc) is 2.74. The number of alkyl halides is 3. The molecule has 0 fully saturated rings. The molecule has 3 aromatic rings. The number of carbonyl (C=O) groups excluding carboxylic acids is 1. The molecule has 3 aromatic carbocycles. The Morgan fingerprint density at radius 1 is 0.970 bits per heavy atom. The molecule has 0 aromatic heterocycles. The van der Waals surface area contributed by atoms with E-state index >= 15 is 0 Å². The van der Waals surface area contributed by atoms with Gasteiger partial charge in [0.25, 0.3) is 15.9 Å². The third-order valence-corrected chi connectivity index (χ3v) is 6.34. The first kappa shape index (κ1) is 24.7. The van der Waals surface area contributed by atoms with Crippen molar-refractivity contribution in [3.05, 3.63) is 81.8 Å². The van der Waals surface area contributed by atoms with Crippen molar-refractivity contribution in [1.29, 1.82) is 0 Å². The van der Waals surface area contributed by atoms with Crippen molar-refractivity contribution in [2.24, 2.45) is 0 Å². The average molecular weight is 519 g/mol. The maximum absolute atomic E-state index is 13.0. The fourth-order valence-corrected chi connectivity index (χ4v) is 4.33. The SMILES string of the molecule is COc1ccc(NC(=O)c2cccc(S(=O)(=O)Nc3cc(C(F)(F)F)ccc3Cl)c2)cc1Cl. The molecule has 6 nitrogen and oxygen atoms in total. The molecular formula is C21H15Cl2F3N2O4S. The number of carbonyl (C=O) groups is 1. The van der Waals surface area contributed by atoms with Crippen LogP contribution in [-0.4, -0.2) is 21.4 Å². The maximum atomic E-state index is 13.0. The number of amides is 1. The molecule has 0 aliphatic heterocycles. The van der Waals surface area contributed by atoms with Crippen molar-refractivity contribution in [1.82, 2.24) is 0 Å². The molecule has 0 radical (unpaired) electrons. The number of hydrogen-bond acceptors (Lipinski definition) is 4. The van der Waals surface area contributed by atoms with Crippen LogP contribution < -0.4 is 14.8 Å². The summed E-state index contributed by atoms with van der Waals surface area (Å²) >= 11 is 11.9. The quantitative estimate of drug-likeness (QED) is 0.414. The van der Waals surface area contributed by atoms with Crippen molar-refractivity contribution in [3.8, 4) is 5.75 Å². The molecule has 0 aliphatic rings. The lowest BCUT2D eigenvalue weighted by Gasteiger charge is -2.13. The molecule has 0 bridgehead atoms. The molecule has 3 rings (SSSR count). The van der Waals surface area contributed by atoms with Crippen LogP contribution in [0.3, 0.4) is 0 Å². The second-order valence-corrected chi connectivity index (χ2v) is 9.13. The lowest BCUT2D eigenvalue weighted by atomic mass is 10.2. The summed E-state index contributed by atoms with van der Waals surface area (Å²) in [6.45, 7) is 0. The Hall–Kier alpha value is -2.95. The number of halogens is 5. The molecule has 0 spiro atoms. The number of methoxy groups -OCH3 is 1. The summed E-state index contributed by atoms with van der Waals surface area (Å²) in [7, 11) is -2.93. The number of anilines is 2. The fraction of sp³-hybridized carbons (Fsp3) is 0.0952. The molecule has 0 atom stereocenters. The van der Waals surface area contributed by atoms with Gasteiger partial charge < -0.3 is 10.1 Å². The van der Waals surface area contributed by atoms with Gasteiger partial charge in [-0.1, -0.05) is 29.3 Å². The van der Waals surface area contributed by atoms with Crippen LogP contribution in [0.5, 0.6) is 5.75 Å². The summed E-state index contributed by atoms with van der Waals surface area (Å²) in [5.41, 5.74) is -1.20. The van der Waals surface area contributed by atoms with E-state index in [9.17, 15) is 26.4 Å². The third-order valence-electron chi connectivity index (χ3n) is 4.35. The number of ether oxygens (including phenoxy) is 1. The summed E-state index contributed by atoms with van der Waals surface area (Å²) in [4.78, 5) is 12.2. The lowest BCUT2D eigenvalue weighted by Crippen LogP contribution is -2.16.